The van der Waals surface area contributed by atoms with Gasteiger partial charge >= 0.3 is 6.09 Å². The number of carbonyl (C=O) groups is 1. The molecule has 25 heavy (non-hydrogen) atoms. The number of nitrogens with one attached hydrogen (secondary N) is 1. The van der Waals surface area contributed by atoms with Crippen molar-refractivity contribution in [1.29, 1.82) is 0 Å². The molecule has 0 bridgehead atoms. The van der Waals surface area contributed by atoms with E-state index in [1.807, 2.05) is 24.3 Å². The van der Waals surface area contributed by atoms with Gasteiger partial charge in [-0.2, -0.15) is 0 Å². The fourth-order valence-corrected chi connectivity index (χ4v) is 3.36. The van der Waals surface area contributed by atoms with Crippen molar-refractivity contribution in [2.75, 3.05) is 19.7 Å². The first kappa shape index (κ1) is 17.9. The van der Waals surface area contributed by atoms with Gasteiger partial charge in [0.25, 0.3) is 0 Å². The van der Waals surface area contributed by atoms with Crippen molar-refractivity contribution in [3.8, 4) is 11.5 Å². The van der Waals surface area contributed by atoms with E-state index in [-0.39, 0.29) is 12.1 Å². The third-order valence-electron chi connectivity index (χ3n) is 4.03. The molecule has 1 aromatic heterocycles. The Kier molecular flexibility index (Phi) is 6.04. The monoisotopic (exact) mass is 408 g/mol. The van der Waals surface area contributed by atoms with E-state index in [4.69, 9.17) is 9.15 Å². The summed E-state index contributed by atoms with van der Waals surface area (Å²) in [6.45, 7) is 4.42. The van der Waals surface area contributed by atoms with Gasteiger partial charge in [-0.1, -0.05) is 12.1 Å². The highest BCUT2D eigenvalue weighted by Gasteiger charge is 2.23. The van der Waals surface area contributed by atoms with Crippen LogP contribution in [0, 0.1) is 0 Å². The van der Waals surface area contributed by atoms with Gasteiger partial charge in [-0.25, -0.2) is 4.79 Å². The second-order valence-electron chi connectivity index (χ2n) is 5.92. The molecule has 1 aliphatic rings. The van der Waals surface area contributed by atoms with E-state index in [2.05, 4.69) is 36.3 Å². The van der Waals surface area contributed by atoms with Crippen molar-refractivity contribution >= 4 is 22.0 Å². The molecule has 1 aliphatic heterocycles. The van der Waals surface area contributed by atoms with Crippen LogP contribution in [0.5, 0.6) is 0 Å². The van der Waals surface area contributed by atoms with E-state index in [0.29, 0.717) is 24.9 Å². The molecule has 1 fully saturated rings. The van der Waals surface area contributed by atoms with Crippen LogP contribution in [-0.2, 0) is 11.3 Å². The van der Waals surface area contributed by atoms with Crippen LogP contribution in [0.25, 0.3) is 11.5 Å². The molecule has 0 spiro atoms. The van der Waals surface area contributed by atoms with Crippen LogP contribution in [0.1, 0.15) is 25.7 Å². The summed E-state index contributed by atoms with van der Waals surface area (Å²) in [6.07, 6.45) is 1.59. The number of nitrogens with zero attached hydrogens (tertiary/aromatic N) is 3. The Labute approximate surface area is 154 Å². The predicted molar refractivity (Wildman–Crippen MR) is 95.9 cm³/mol. The second kappa shape index (κ2) is 8.44. The van der Waals surface area contributed by atoms with E-state index >= 15 is 0 Å². The molecule has 134 valence electrons. The normalized spacial score (nSPS) is 18.1. The van der Waals surface area contributed by atoms with Gasteiger partial charge in [0.1, 0.15) is 0 Å². The van der Waals surface area contributed by atoms with Gasteiger partial charge in [0.15, 0.2) is 0 Å². The molecule has 1 aromatic carbocycles. The summed E-state index contributed by atoms with van der Waals surface area (Å²) in [5.74, 6) is 1.07. The van der Waals surface area contributed by atoms with Gasteiger partial charge in [-0.05, 0) is 54.4 Å². The minimum Gasteiger partial charge on any atom is -0.450 e. The van der Waals surface area contributed by atoms with Crippen molar-refractivity contribution in [3.05, 3.63) is 34.6 Å². The first-order valence-electron chi connectivity index (χ1n) is 8.38. The lowest BCUT2D eigenvalue weighted by Crippen LogP contribution is -2.47. The highest BCUT2D eigenvalue weighted by Crippen LogP contribution is 2.27. The number of carbonyl (C=O) groups excluding carboxylic acids is 1. The number of alkyl carbamates (subject to hydrolysis) is 1. The minimum atomic E-state index is -0.358. The Morgan fingerprint density at radius 2 is 2.28 bits per heavy atom. The second-order valence-corrected chi connectivity index (χ2v) is 6.77. The smallest absolute Gasteiger partial charge is 0.407 e. The number of amides is 1. The molecular weight excluding hydrogens is 388 g/mol. The summed E-state index contributed by atoms with van der Waals surface area (Å²) < 4.78 is 11.7. The van der Waals surface area contributed by atoms with Crippen molar-refractivity contribution in [1.82, 2.24) is 20.4 Å². The van der Waals surface area contributed by atoms with Gasteiger partial charge < -0.3 is 14.5 Å². The molecule has 0 saturated carbocycles. The number of hydrogen-bond donors (Lipinski definition) is 1. The fourth-order valence-electron chi connectivity index (χ4n) is 2.91. The zero-order valence-electron chi connectivity index (χ0n) is 14.1. The zero-order valence-corrected chi connectivity index (χ0v) is 15.7. The highest BCUT2D eigenvalue weighted by molar-refractivity contribution is 9.10. The average Bonchev–Trinajstić information content (AvgIpc) is 3.04. The van der Waals surface area contributed by atoms with Crippen LogP contribution in [0.4, 0.5) is 4.79 Å². The zero-order chi connectivity index (χ0) is 17.6. The number of hydrogen-bond acceptors (Lipinski definition) is 6. The van der Waals surface area contributed by atoms with Crippen molar-refractivity contribution in [3.63, 3.8) is 0 Å². The van der Waals surface area contributed by atoms with E-state index in [0.717, 1.165) is 36.0 Å². The quantitative estimate of drug-likeness (QED) is 0.817. The predicted octanol–water partition coefficient (Wildman–Crippen LogP) is 3.21. The maximum absolute atomic E-state index is 11.6. The molecule has 0 radical (unpaired) electrons. The molecule has 2 heterocycles. The van der Waals surface area contributed by atoms with Crippen molar-refractivity contribution < 1.29 is 13.9 Å². The minimum absolute atomic E-state index is 0.0819. The highest BCUT2D eigenvalue weighted by atomic mass is 79.9. The van der Waals surface area contributed by atoms with Crippen LogP contribution in [-0.4, -0.2) is 46.9 Å². The summed E-state index contributed by atoms with van der Waals surface area (Å²) in [6, 6.07) is 7.82. The van der Waals surface area contributed by atoms with Crippen LogP contribution in [0.2, 0.25) is 0 Å². The van der Waals surface area contributed by atoms with Crippen molar-refractivity contribution in [2.45, 2.75) is 32.4 Å². The summed E-state index contributed by atoms with van der Waals surface area (Å²) in [5.41, 5.74) is 0.877. The standard InChI is InChI=1S/C17H21BrN4O3/c1-2-24-17(23)19-12-6-5-9-22(10-12)11-15-20-21-16(25-15)13-7-3-4-8-14(13)18/h3-4,7-8,12H,2,5-6,9-11H2,1H3,(H,19,23). The fraction of sp³-hybridized carbons (Fsp3) is 0.471. The molecule has 3 rings (SSSR count). The molecule has 2 aromatic rings. The van der Waals surface area contributed by atoms with E-state index in [1.54, 1.807) is 6.92 Å². The van der Waals surface area contributed by atoms with E-state index in [1.165, 1.54) is 0 Å². The number of piperidine rings is 1. The van der Waals surface area contributed by atoms with Crippen LogP contribution in [0.3, 0.4) is 0 Å². The van der Waals surface area contributed by atoms with E-state index in [9.17, 15) is 4.79 Å². The summed E-state index contributed by atoms with van der Waals surface area (Å²) in [5, 5.41) is 11.2. The third kappa shape index (κ3) is 4.79. The number of ether oxygens (including phenoxy) is 1. The number of likely N-dealkylation sites (tertiary alicyclic amines) is 1. The summed E-state index contributed by atoms with van der Waals surface area (Å²) in [4.78, 5) is 13.8. The Morgan fingerprint density at radius 1 is 1.44 bits per heavy atom. The van der Waals surface area contributed by atoms with Crippen LogP contribution < -0.4 is 5.32 Å². The number of aromatic nitrogens is 2. The summed E-state index contributed by atoms with van der Waals surface area (Å²) >= 11 is 3.49. The molecule has 8 heteroatoms. The number of rotatable bonds is 5. The first-order chi connectivity index (χ1) is 12.2. The lowest BCUT2D eigenvalue weighted by Gasteiger charge is -2.31. The Hall–Kier alpha value is -1.93. The molecule has 1 amide bonds. The van der Waals surface area contributed by atoms with Gasteiger partial charge in [0, 0.05) is 17.1 Å². The molecule has 1 atom stereocenters. The largest absolute Gasteiger partial charge is 0.450 e. The Morgan fingerprint density at radius 3 is 3.08 bits per heavy atom. The third-order valence-corrected chi connectivity index (χ3v) is 4.72. The number of halogens is 1. The maximum atomic E-state index is 11.6. The van der Waals surface area contributed by atoms with Crippen LogP contribution >= 0.6 is 15.9 Å². The van der Waals surface area contributed by atoms with Gasteiger partial charge in [-0.15, -0.1) is 10.2 Å². The van der Waals surface area contributed by atoms with Crippen LogP contribution in [0.15, 0.2) is 33.2 Å². The Bertz CT molecular complexity index is 721. The molecule has 7 nitrogen and oxygen atoms in total. The Balaban J connectivity index is 1.59. The van der Waals surface area contributed by atoms with E-state index < -0.39 is 0 Å². The molecule has 1 unspecified atom stereocenters. The van der Waals surface area contributed by atoms with Gasteiger partial charge in [-0.3, -0.25) is 4.90 Å². The molecular formula is C17H21BrN4O3. The van der Waals surface area contributed by atoms with Gasteiger partial charge in [0.05, 0.1) is 18.7 Å². The first-order valence-corrected chi connectivity index (χ1v) is 9.18. The topological polar surface area (TPSA) is 80.5 Å². The number of benzene rings is 1. The molecule has 1 N–H and O–H groups in total. The SMILES string of the molecule is CCOC(=O)NC1CCCN(Cc2nnc(-c3ccccc3Br)o2)C1. The molecule has 0 aliphatic carbocycles. The van der Waals surface area contributed by atoms with Gasteiger partial charge in [0.2, 0.25) is 11.8 Å². The maximum Gasteiger partial charge on any atom is 0.407 e. The lowest BCUT2D eigenvalue weighted by molar-refractivity contribution is 0.130. The van der Waals surface area contributed by atoms with Crippen molar-refractivity contribution in [2.24, 2.45) is 0 Å². The average molecular weight is 409 g/mol. The molecule has 1 saturated heterocycles. The lowest BCUT2D eigenvalue weighted by atomic mass is 10.1. The summed E-state index contributed by atoms with van der Waals surface area (Å²) in [7, 11) is 0.